The summed E-state index contributed by atoms with van der Waals surface area (Å²) in [5, 5.41) is 11.7. The molecule has 0 saturated carbocycles. The molecular formula is C17H18N2O4S. The minimum atomic E-state index is -1.10. The van der Waals surface area contributed by atoms with Crippen LogP contribution >= 0.6 is 11.8 Å². The van der Waals surface area contributed by atoms with E-state index in [-0.39, 0.29) is 28.8 Å². The predicted molar refractivity (Wildman–Crippen MR) is 90.2 cm³/mol. The van der Waals surface area contributed by atoms with Crippen molar-refractivity contribution in [3.05, 3.63) is 47.2 Å². The molecule has 0 bridgehead atoms. The van der Waals surface area contributed by atoms with E-state index in [2.05, 4.69) is 5.32 Å². The Kier molecular flexibility index (Phi) is 4.36. The van der Waals surface area contributed by atoms with Crippen molar-refractivity contribution in [1.82, 2.24) is 10.2 Å². The summed E-state index contributed by atoms with van der Waals surface area (Å²) in [6.45, 7) is 3.50. The molecule has 24 heavy (non-hydrogen) atoms. The molecule has 1 aromatic carbocycles. The molecule has 2 aliphatic heterocycles. The number of fused-ring (bicyclic) bond motifs is 1. The Balaban J connectivity index is 1.71. The Labute approximate surface area is 143 Å². The van der Waals surface area contributed by atoms with Gasteiger partial charge >= 0.3 is 5.97 Å². The lowest BCUT2D eigenvalue weighted by Gasteiger charge is -2.49. The van der Waals surface area contributed by atoms with Crippen molar-refractivity contribution < 1.29 is 19.5 Å². The van der Waals surface area contributed by atoms with Crippen LogP contribution in [0.5, 0.6) is 0 Å². The smallest absolute Gasteiger partial charge is 0.352 e. The maximum absolute atomic E-state index is 12.4. The molecule has 1 fully saturated rings. The molecule has 0 spiro atoms. The summed E-state index contributed by atoms with van der Waals surface area (Å²) in [5.41, 5.74) is 1.58. The van der Waals surface area contributed by atoms with E-state index in [1.807, 2.05) is 30.3 Å². The van der Waals surface area contributed by atoms with Crippen LogP contribution in [0.1, 0.15) is 25.3 Å². The van der Waals surface area contributed by atoms with Gasteiger partial charge in [0.05, 0.1) is 5.92 Å². The monoisotopic (exact) mass is 346 g/mol. The van der Waals surface area contributed by atoms with Gasteiger partial charge in [0.2, 0.25) is 5.91 Å². The van der Waals surface area contributed by atoms with Crippen LogP contribution in [0.3, 0.4) is 0 Å². The van der Waals surface area contributed by atoms with Crippen LogP contribution in [0.15, 0.2) is 41.6 Å². The van der Waals surface area contributed by atoms with Crippen LogP contribution in [0.4, 0.5) is 0 Å². The second-order valence-electron chi connectivity index (χ2n) is 5.96. The highest BCUT2D eigenvalue weighted by Gasteiger charge is 2.53. The van der Waals surface area contributed by atoms with Crippen molar-refractivity contribution in [2.75, 3.05) is 5.75 Å². The Bertz CT molecular complexity index is 731. The normalized spacial score (nSPS) is 24.1. The number of nitrogens with zero attached hydrogens (tertiary/aromatic N) is 1. The van der Waals surface area contributed by atoms with Crippen LogP contribution in [-0.4, -0.2) is 45.0 Å². The number of benzene rings is 1. The number of carboxylic acid groups (broad SMARTS) is 1. The summed E-state index contributed by atoms with van der Waals surface area (Å²) in [5.74, 6) is -1.54. The number of β-lactam (4-membered cyclic amide) rings is 1. The standard InChI is InChI=1S/C17H18N2O4S/c1-9-8-24-16-12(15(21)19(16)13(9)17(22)23)18-14(20)10(2)11-6-4-3-5-7-11/h3-7,10,12,16H,8H2,1-2H3,(H,18,20)(H,22,23). The molecule has 2 heterocycles. The molecule has 2 aliphatic rings. The maximum atomic E-state index is 12.4. The minimum Gasteiger partial charge on any atom is -0.477 e. The van der Waals surface area contributed by atoms with Crippen LogP contribution < -0.4 is 5.32 Å². The highest BCUT2D eigenvalue weighted by Crippen LogP contribution is 2.40. The lowest BCUT2D eigenvalue weighted by Crippen LogP contribution is -2.70. The quantitative estimate of drug-likeness (QED) is 0.808. The summed E-state index contributed by atoms with van der Waals surface area (Å²) in [4.78, 5) is 37.4. The number of carboxylic acids is 1. The van der Waals surface area contributed by atoms with Crippen molar-refractivity contribution in [3.63, 3.8) is 0 Å². The van der Waals surface area contributed by atoms with Crippen LogP contribution in [0.25, 0.3) is 0 Å². The van der Waals surface area contributed by atoms with Gasteiger partial charge in [0.15, 0.2) is 0 Å². The first kappa shape index (κ1) is 16.6. The summed E-state index contributed by atoms with van der Waals surface area (Å²) in [7, 11) is 0. The van der Waals surface area contributed by atoms with Crippen LogP contribution in [0.2, 0.25) is 0 Å². The predicted octanol–water partition coefficient (Wildman–Crippen LogP) is 1.55. The van der Waals surface area contributed by atoms with Gasteiger partial charge in [-0.2, -0.15) is 0 Å². The number of carbonyl (C=O) groups is 3. The van der Waals surface area contributed by atoms with Gasteiger partial charge in [-0.15, -0.1) is 11.8 Å². The molecule has 3 rings (SSSR count). The number of hydrogen-bond donors (Lipinski definition) is 2. The van der Waals surface area contributed by atoms with Crippen molar-refractivity contribution in [1.29, 1.82) is 0 Å². The largest absolute Gasteiger partial charge is 0.477 e. The van der Waals surface area contributed by atoms with E-state index in [1.54, 1.807) is 13.8 Å². The van der Waals surface area contributed by atoms with E-state index < -0.39 is 12.0 Å². The average molecular weight is 346 g/mol. The Morgan fingerprint density at radius 3 is 2.62 bits per heavy atom. The van der Waals surface area contributed by atoms with Gasteiger partial charge in [-0.25, -0.2) is 4.79 Å². The molecule has 0 radical (unpaired) electrons. The third-order valence-electron chi connectivity index (χ3n) is 4.35. The highest BCUT2D eigenvalue weighted by atomic mass is 32.2. The van der Waals surface area contributed by atoms with E-state index in [9.17, 15) is 19.5 Å². The SMILES string of the molecule is CC1=C(C(=O)O)N2C(=O)C(NC(=O)C(C)c3ccccc3)C2SC1. The molecule has 3 atom stereocenters. The summed E-state index contributed by atoms with van der Waals surface area (Å²) in [6, 6.07) is 8.66. The highest BCUT2D eigenvalue weighted by molar-refractivity contribution is 8.00. The van der Waals surface area contributed by atoms with E-state index in [0.29, 0.717) is 11.3 Å². The first-order valence-corrected chi connectivity index (χ1v) is 8.69. The molecule has 0 aliphatic carbocycles. The molecule has 1 saturated heterocycles. The van der Waals surface area contributed by atoms with Gasteiger partial charge in [0, 0.05) is 5.75 Å². The summed E-state index contributed by atoms with van der Waals surface area (Å²) < 4.78 is 0. The van der Waals surface area contributed by atoms with Crippen molar-refractivity contribution >= 4 is 29.5 Å². The van der Waals surface area contributed by atoms with E-state index in [4.69, 9.17) is 0 Å². The van der Waals surface area contributed by atoms with E-state index >= 15 is 0 Å². The molecule has 126 valence electrons. The molecule has 2 N–H and O–H groups in total. The van der Waals surface area contributed by atoms with Gasteiger partial charge < -0.3 is 10.4 Å². The number of thioether (sulfide) groups is 1. The van der Waals surface area contributed by atoms with E-state index in [0.717, 1.165) is 5.56 Å². The van der Waals surface area contributed by atoms with Crippen LogP contribution in [0, 0.1) is 0 Å². The molecule has 0 aromatic heterocycles. The van der Waals surface area contributed by atoms with Crippen LogP contribution in [-0.2, 0) is 14.4 Å². The molecule has 2 amide bonds. The number of aliphatic carboxylic acids is 1. The van der Waals surface area contributed by atoms with Gasteiger partial charge in [0.1, 0.15) is 17.1 Å². The zero-order valence-electron chi connectivity index (χ0n) is 13.4. The Morgan fingerprint density at radius 2 is 2.00 bits per heavy atom. The number of amides is 2. The van der Waals surface area contributed by atoms with Gasteiger partial charge in [-0.1, -0.05) is 30.3 Å². The molecular weight excluding hydrogens is 328 g/mol. The third kappa shape index (κ3) is 2.69. The second-order valence-corrected chi connectivity index (χ2v) is 7.07. The third-order valence-corrected chi connectivity index (χ3v) is 5.78. The van der Waals surface area contributed by atoms with Crippen molar-refractivity contribution in [2.45, 2.75) is 31.2 Å². The van der Waals surface area contributed by atoms with Gasteiger partial charge in [-0.05, 0) is 25.0 Å². The summed E-state index contributed by atoms with van der Waals surface area (Å²) in [6.07, 6.45) is 0. The number of rotatable bonds is 4. The first-order chi connectivity index (χ1) is 11.4. The molecule has 6 nitrogen and oxygen atoms in total. The fourth-order valence-corrected chi connectivity index (χ4v) is 4.24. The molecule has 3 unspecified atom stereocenters. The topological polar surface area (TPSA) is 86.7 Å². The van der Waals surface area contributed by atoms with Crippen molar-refractivity contribution in [2.24, 2.45) is 0 Å². The Morgan fingerprint density at radius 1 is 1.33 bits per heavy atom. The Hall–Kier alpha value is -2.28. The van der Waals surface area contributed by atoms with E-state index in [1.165, 1.54) is 16.7 Å². The maximum Gasteiger partial charge on any atom is 0.352 e. The lowest BCUT2D eigenvalue weighted by atomic mass is 9.98. The zero-order chi connectivity index (χ0) is 17.4. The number of carbonyl (C=O) groups excluding carboxylic acids is 2. The van der Waals surface area contributed by atoms with Gasteiger partial charge in [0.25, 0.3) is 5.91 Å². The molecule has 7 heteroatoms. The fourth-order valence-electron chi connectivity index (χ4n) is 2.95. The first-order valence-electron chi connectivity index (χ1n) is 7.65. The average Bonchev–Trinajstić information content (AvgIpc) is 2.59. The van der Waals surface area contributed by atoms with Crippen molar-refractivity contribution in [3.8, 4) is 0 Å². The second kappa shape index (κ2) is 6.32. The number of nitrogens with one attached hydrogen (secondary N) is 1. The zero-order valence-corrected chi connectivity index (χ0v) is 14.2. The van der Waals surface area contributed by atoms with Gasteiger partial charge in [-0.3, -0.25) is 14.5 Å². The lowest BCUT2D eigenvalue weighted by molar-refractivity contribution is -0.150. The number of hydrogen-bond acceptors (Lipinski definition) is 4. The summed E-state index contributed by atoms with van der Waals surface area (Å²) >= 11 is 1.47. The fraction of sp³-hybridized carbons (Fsp3) is 0.353. The molecule has 1 aromatic rings. The minimum absolute atomic E-state index is 0.0466.